The van der Waals surface area contributed by atoms with Crippen LogP contribution in [-0.4, -0.2) is 28.2 Å². The van der Waals surface area contributed by atoms with E-state index < -0.39 is 15.4 Å². The molecule has 2 aliphatic rings. The first-order chi connectivity index (χ1) is 16.2. The Morgan fingerprint density at radius 3 is 2.38 bits per heavy atom. The van der Waals surface area contributed by atoms with Crippen LogP contribution in [0.3, 0.4) is 0 Å². The number of amides is 1. The van der Waals surface area contributed by atoms with Gasteiger partial charge in [0.25, 0.3) is 0 Å². The van der Waals surface area contributed by atoms with Gasteiger partial charge >= 0.3 is 0 Å². The molecular weight excluding hydrogens is 452 g/mol. The first-order valence-corrected chi connectivity index (χ1v) is 12.6. The average Bonchev–Trinajstić information content (AvgIpc) is 3.51. The minimum absolute atomic E-state index is 0.0483. The molecule has 0 saturated heterocycles. The van der Waals surface area contributed by atoms with E-state index in [1.165, 1.54) is 7.05 Å². The lowest BCUT2D eigenvalue weighted by molar-refractivity contribution is -0.118. The van der Waals surface area contributed by atoms with Crippen LogP contribution in [0.15, 0.2) is 59.5 Å². The molecular formula is C26H26N2O5S. The summed E-state index contributed by atoms with van der Waals surface area (Å²) in [5, 5.41) is 3.09. The molecule has 1 amide bonds. The minimum atomic E-state index is -3.53. The molecule has 1 saturated carbocycles. The van der Waals surface area contributed by atoms with Crippen LogP contribution < -0.4 is 19.5 Å². The van der Waals surface area contributed by atoms with Gasteiger partial charge in [-0.1, -0.05) is 24.3 Å². The lowest BCUT2D eigenvalue weighted by atomic mass is 9.94. The lowest BCUT2D eigenvalue weighted by Gasteiger charge is -2.18. The van der Waals surface area contributed by atoms with Crippen molar-refractivity contribution < 1.29 is 22.7 Å². The van der Waals surface area contributed by atoms with Crippen LogP contribution in [0.2, 0.25) is 0 Å². The maximum absolute atomic E-state index is 13.3. The zero-order valence-corrected chi connectivity index (χ0v) is 20.1. The van der Waals surface area contributed by atoms with Gasteiger partial charge in [-0.05, 0) is 91.9 Å². The van der Waals surface area contributed by atoms with E-state index in [0.29, 0.717) is 22.7 Å². The molecule has 1 fully saturated rings. The number of carbonyl (C=O) groups is 1. The van der Waals surface area contributed by atoms with Crippen molar-refractivity contribution in [2.75, 3.05) is 19.2 Å². The maximum atomic E-state index is 13.3. The summed E-state index contributed by atoms with van der Waals surface area (Å²) >= 11 is 0. The second-order valence-corrected chi connectivity index (χ2v) is 10.7. The summed E-state index contributed by atoms with van der Waals surface area (Å²) in [4.78, 5) is 13.6. The second-order valence-electron chi connectivity index (χ2n) is 8.82. The largest absolute Gasteiger partial charge is 0.454 e. The van der Waals surface area contributed by atoms with Gasteiger partial charge in [-0.15, -0.1) is 0 Å². The van der Waals surface area contributed by atoms with E-state index in [2.05, 4.69) is 10.0 Å². The van der Waals surface area contributed by atoms with Gasteiger partial charge in [0.1, 0.15) is 0 Å². The van der Waals surface area contributed by atoms with E-state index in [9.17, 15) is 13.2 Å². The summed E-state index contributed by atoms with van der Waals surface area (Å²) < 4.78 is 37.7. The van der Waals surface area contributed by atoms with Gasteiger partial charge in [-0.25, -0.2) is 13.1 Å². The topological polar surface area (TPSA) is 93.7 Å². The van der Waals surface area contributed by atoms with Crippen LogP contribution >= 0.6 is 0 Å². The third-order valence-corrected chi connectivity index (χ3v) is 8.22. The summed E-state index contributed by atoms with van der Waals surface area (Å²) in [6.45, 7) is 3.96. The van der Waals surface area contributed by atoms with E-state index in [4.69, 9.17) is 9.47 Å². The Bertz CT molecular complexity index is 1410. The van der Waals surface area contributed by atoms with E-state index >= 15 is 0 Å². The average molecular weight is 479 g/mol. The van der Waals surface area contributed by atoms with Crippen molar-refractivity contribution in [2.24, 2.45) is 0 Å². The fraction of sp³-hybridized carbons (Fsp3) is 0.269. The number of rotatable bonds is 6. The van der Waals surface area contributed by atoms with Crippen LogP contribution in [0, 0.1) is 13.8 Å². The molecule has 1 heterocycles. The molecule has 3 aromatic carbocycles. The van der Waals surface area contributed by atoms with E-state index in [0.717, 1.165) is 35.1 Å². The minimum Gasteiger partial charge on any atom is -0.454 e. The van der Waals surface area contributed by atoms with Gasteiger partial charge in [0.05, 0.1) is 10.3 Å². The SMILES string of the molecule is CNS(=O)(=O)c1ccc(-c2cc(NC(=O)C3(c4ccc5c(c4)OCO5)CC3)ccc2C)cc1C. The Hall–Kier alpha value is -3.36. The molecule has 1 aliphatic carbocycles. The van der Waals surface area contributed by atoms with Crippen molar-refractivity contribution >= 4 is 21.6 Å². The second kappa shape index (κ2) is 8.14. The smallest absolute Gasteiger partial charge is 0.240 e. The molecule has 0 spiro atoms. The zero-order chi connectivity index (χ0) is 24.1. The van der Waals surface area contributed by atoms with Crippen molar-refractivity contribution in [3.63, 3.8) is 0 Å². The van der Waals surface area contributed by atoms with Gasteiger partial charge in [0, 0.05) is 5.69 Å². The van der Waals surface area contributed by atoms with Crippen molar-refractivity contribution in [3.8, 4) is 22.6 Å². The highest BCUT2D eigenvalue weighted by molar-refractivity contribution is 7.89. The predicted molar refractivity (Wildman–Crippen MR) is 130 cm³/mol. The van der Waals surface area contributed by atoms with Crippen LogP contribution in [0.4, 0.5) is 5.69 Å². The van der Waals surface area contributed by atoms with Gasteiger partial charge < -0.3 is 14.8 Å². The summed E-state index contributed by atoms with van der Waals surface area (Å²) in [5.74, 6) is 1.33. The number of hydrogen-bond acceptors (Lipinski definition) is 5. The van der Waals surface area contributed by atoms with Gasteiger partial charge in [-0.3, -0.25) is 4.79 Å². The number of aryl methyl sites for hydroxylation is 2. The molecule has 0 unspecified atom stereocenters. The van der Waals surface area contributed by atoms with Gasteiger partial charge in [-0.2, -0.15) is 0 Å². The van der Waals surface area contributed by atoms with Gasteiger partial charge in [0.15, 0.2) is 11.5 Å². The first kappa shape index (κ1) is 22.4. The van der Waals surface area contributed by atoms with E-state index in [1.807, 2.05) is 49.4 Å². The Labute approximate surface area is 199 Å². The summed E-state index contributed by atoms with van der Waals surface area (Å²) in [6.07, 6.45) is 1.55. The highest BCUT2D eigenvalue weighted by Gasteiger charge is 2.51. The maximum Gasteiger partial charge on any atom is 0.240 e. The molecule has 176 valence electrons. The number of hydrogen-bond donors (Lipinski definition) is 2. The molecule has 8 heteroatoms. The van der Waals surface area contributed by atoms with Crippen LogP contribution in [0.25, 0.3) is 11.1 Å². The number of anilines is 1. The number of ether oxygens (including phenoxy) is 2. The summed E-state index contributed by atoms with van der Waals surface area (Å²) in [5.41, 5.74) is 4.56. The highest BCUT2D eigenvalue weighted by Crippen LogP contribution is 2.51. The van der Waals surface area contributed by atoms with Crippen LogP contribution in [0.1, 0.15) is 29.5 Å². The van der Waals surface area contributed by atoms with Crippen LogP contribution in [0.5, 0.6) is 11.5 Å². The number of carbonyl (C=O) groups excluding carboxylic acids is 1. The van der Waals surface area contributed by atoms with Crippen molar-refractivity contribution in [1.82, 2.24) is 4.72 Å². The summed E-state index contributed by atoms with van der Waals surface area (Å²) in [7, 11) is -2.13. The van der Waals surface area contributed by atoms with Crippen LogP contribution in [-0.2, 0) is 20.2 Å². The predicted octanol–water partition coefficient (Wildman–Crippen LogP) is 4.28. The van der Waals surface area contributed by atoms with E-state index in [-0.39, 0.29) is 17.6 Å². The zero-order valence-electron chi connectivity index (χ0n) is 19.3. The number of sulfonamides is 1. The molecule has 5 rings (SSSR count). The molecule has 0 radical (unpaired) electrons. The summed E-state index contributed by atoms with van der Waals surface area (Å²) in [6, 6.07) is 16.7. The molecule has 7 nitrogen and oxygen atoms in total. The molecule has 0 atom stereocenters. The molecule has 3 aromatic rings. The number of benzene rings is 3. The van der Waals surface area contributed by atoms with Gasteiger partial charge in [0.2, 0.25) is 22.7 Å². The molecule has 0 bridgehead atoms. The third-order valence-electron chi connectivity index (χ3n) is 6.65. The molecule has 1 aliphatic heterocycles. The standard InChI is InChI=1S/C26H26N2O5S/c1-16-4-7-20(14-21(16)18-5-9-24(17(2)12-18)34(30,31)27-3)28-25(29)26(10-11-26)19-6-8-22-23(13-19)33-15-32-22/h4-9,12-14,27H,10-11,15H2,1-3H3,(H,28,29). The normalized spacial score (nSPS) is 15.7. The first-order valence-electron chi connectivity index (χ1n) is 11.1. The lowest BCUT2D eigenvalue weighted by Crippen LogP contribution is -2.27. The molecule has 0 aromatic heterocycles. The number of fused-ring (bicyclic) bond motifs is 1. The molecule has 34 heavy (non-hydrogen) atoms. The van der Waals surface area contributed by atoms with Crippen molar-refractivity contribution in [2.45, 2.75) is 37.0 Å². The number of nitrogens with one attached hydrogen (secondary N) is 2. The van der Waals surface area contributed by atoms with E-state index in [1.54, 1.807) is 19.1 Å². The van der Waals surface area contributed by atoms with Crippen molar-refractivity contribution in [1.29, 1.82) is 0 Å². The Morgan fingerprint density at radius 2 is 1.68 bits per heavy atom. The Balaban J connectivity index is 1.41. The fourth-order valence-electron chi connectivity index (χ4n) is 4.46. The third kappa shape index (κ3) is 3.82. The fourth-order valence-corrected chi connectivity index (χ4v) is 5.41. The molecule has 2 N–H and O–H groups in total. The highest BCUT2D eigenvalue weighted by atomic mass is 32.2. The Morgan fingerprint density at radius 1 is 0.912 bits per heavy atom. The Kier molecular flexibility index (Phi) is 5.37. The quantitative estimate of drug-likeness (QED) is 0.552. The monoisotopic (exact) mass is 478 g/mol. The van der Waals surface area contributed by atoms with Crippen molar-refractivity contribution in [3.05, 3.63) is 71.3 Å².